The summed E-state index contributed by atoms with van der Waals surface area (Å²) in [4.78, 5) is 12.0. The van der Waals surface area contributed by atoms with E-state index in [4.69, 9.17) is 0 Å². The van der Waals surface area contributed by atoms with E-state index in [1.54, 1.807) is 10.9 Å². The highest BCUT2D eigenvalue weighted by Crippen LogP contribution is 2.18. The number of amides is 2. The van der Waals surface area contributed by atoms with E-state index < -0.39 is 10.8 Å². The van der Waals surface area contributed by atoms with Gasteiger partial charge in [-0.2, -0.15) is 0 Å². The maximum Gasteiger partial charge on any atom is 0.320 e. The van der Waals surface area contributed by atoms with Gasteiger partial charge in [0.2, 0.25) is 0 Å². The SMILES string of the molecule is Cc1cc(C)cc(-n2nc(NC(=O)N[C@@H](C)C[S@@](C)=O)cc2C)c1. The molecule has 2 N–H and O–H groups in total. The predicted molar refractivity (Wildman–Crippen MR) is 98.3 cm³/mol. The fourth-order valence-electron chi connectivity index (χ4n) is 2.64. The van der Waals surface area contributed by atoms with Gasteiger partial charge in [-0.1, -0.05) is 6.07 Å². The Bertz CT molecular complexity index is 750. The highest BCUT2D eigenvalue weighted by molar-refractivity contribution is 7.84. The number of hydrogen-bond donors (Lipinski definition) is 2. The molecular formula is C17H24N4O2S. The number of carbonyl (C=O) groups is 1. The highest BCUT2D eigenvalue weighted by atomic mass is 32.2. The normalized spacial score (nSPS) is 13.4. The first kappa shape index (κ1) is 18.2. The number of urea groups is 1. The van der Waals surface area contributed by atoms with Crippen LogP contribution in [0.2, 0.25) is 0 Å². The summed E-state index contributed by atoms with van der Waals surface area (Å²) in [5.74, 6) is 0.901. The van der Waals surface area contributed by atoms with Crippen molar-refractivity contribution in [2.45, 2.75) is 33.7 Å². The Morgan fingerprint density at radius 1 is 1.21 bits per heavy atom. The van der Waals surface area contributed by atoms with Crippen molar-refractivity contribution in [3.8, 4) is 5.69 Å². The van der Waals surface area contributed by atoms with E-state index in [9.17, 15) is 9.00 Å². The van der Waals surface area contributed by atoms with Crippen LogP contribution in [0, 0.1) is 20.8 Å². The molecule has 0 unspecified atom stereocenters. The van der Waals surface area contributed by atoms with Gasteiger partial charge in [0.1, 0.15) is 0 Å². The third-order valence-corrected chi connectivity index (χ3v) is 4.41. The van der Waals surface area contributed by atoms with Gasteiger partial charge in [-0.05, 0) is 51.0 Å². The van der Waals surface area contributed by atoms with Gasteiger partial charge < -0.3 is 5.32 Å². The monoisotopic (exact) mass is 348 g/mol. The predicted octanol–water partition coefficient (Wildman–Crippen LogP) is 2.69. The Balaban J connectivity index is 2.11. The zero-order valence-corrected chi connectivity index (χ0v) is 15.5. The third-order valence-electron chi connectivity index (χ3n) is 3.44. The van der Waals surface area contributed by atoms with Crippen molar-refractivity contribution in [3.63, 3.8) is 0 Å². The van der Waals surface area contributed by atoms with Gasteiger partial charge in [-0.15, -0.1) is 5.10 Å². The van der Waals surface area contributed by atoms with Gasteiger partial charge in [0.05, 0.1) is 5.69 Å². The van der Waals surface area contributed by atoms with E-state index in [-0.39, 0.29) is 12.1 Å². The molecule has 7 heteroatoms. The van der Waals surface area contributed by atoms with E-state index in [2.05, 4.69) is 33.9 Å². The van der Waals surface area contributed by atoms with E-state index >= 15 is 0 Å². The summed E-state index contributed by atoms with van der Waals surface area (Å²) in [5, 5.41) is 9.93. The molecule has 2 amide bonds. The summed E-state index contributed by atoms with van der Waals surface area (Å²) in [6.07, 6.45) is 1.62. The fourth-order valence-corrected chi connectivity index (χ4v) is 3.43. The quantitative estimate of drug-likeness (QED) is 0.872. The molecule has 0 radical (unpaired) electrons. The van der Waals surface area contributed by atoms with Crippen LogP contribution < -0.4 is 10.6 Å². The van der Waals surface area contributed by atoms with Gasteiger partial charge >= 0.3 is 6.03 Å². The molecule has 130 valence electrons. The van der Waals surface area contributed by atoms with Gasteiger partial charge in [-0.3, -0.25) is 9.53 Å². The van der Waals surface area contributed by atoms with Gasteiger partial charge in [0.25, 0.3) is 0 Å². The summed E-state index contributed by atoms with van der Waals surface area (Å²) in [7, 11) is -0.950. The zero-order chi connectivity index (χ0) is 17.9. The molecule has 0 aliphatic carbocycles. The second-order valence-corrected chi connectivity index (χ2v) is 7.65. The van der Waals surface area contributed by atoms with Crippen LogP contribution >= 0.6 is 0 Å². The van der Waals surface area contributed by atoms with Crippen molar-refractivity contribution in [1.82, 2.24) is 15.1 Å². The minimum absolute atomic E-state index is 0.168. The lowest BCUT2D eigenvalue weighted by molar-refractivity contribution is 0.250. The summed E-state index contributed by atoms with van der Waals surface area (Å²) in [6.45, 7) is 7.85. The molecule has 1 heterocycles. The molecule has 0 bridgehead atoms. The maximum atomic E-state index is 12.0. The minimum atomic E-state index is -0.950. The molecule has 1 aromatic carbocycles. The van der Waals surface area contributed by atoms with E-state index in [1.165, 1.54) is 0 Å². The summed E-state index contributed by atoms with van der Waals surface area (Å²) >= 11 is 0. The van der Waals surface area contributed by atoms with Gasteiger partial charge in [0.15, 0.2) is 5.82 Å². The zero-order valence-electron chi connectivity index (χ0n) is 14.7. The lowest BCUT2D eigenvalue weighted by Gasteiger charge is -2.12. The number of aromatic nitrogens is 2. The topological polar surface area (TPSA) is 76.0 Å². The van der Waals surface area contributed by atoms with Crippen LogP contribution in [0.5, 0.6) is 0 Å². The first-order chi connectivity index (χ1) is 11.2. The average Bonchev–Trinajstić information content (AvgIpc) is 2.76. The Kier molecular flexibility index (Phi) is 5.77. The second kappa shape index (κ2) is 7.61. The molecule has 2 atom stereocenters. The molecule has 0 saturated heterocycles. The fraction of sp³-hybridized carbons (Fsp3) is 0.412. The smallest absolute Gasteiger partial charge is 0.320 e. The van der Waals surface area contributed by atoms with E-state index in [0.717, 1.165) is 22.5 Å². The lowest BCUT2D eigenvalue weighted by Crippen LogP contribution is -2.39. The molecule has 2 aromatic rings. The molecule has 0 saturated carbocycles. The number of nitrogens with one attached hydrogen (secondary N) is 2. The molecule has 1 aromatic heterocycles. The van der Waals surface area contributed by atoms with Crippen LogP contribution in [-0.4, -0.2) is 38.1 Å². The lowest BCUT2D eigenvalue weighted by atomic mass is 10.1. The van der Waals surface area contributed by atoms with Crippen molar-refractivity contribution >= 4 is 22.6 Å². The highest BCUT2D eigenvalue weighted by Gasteiger charge is 2.12. The Morgan fingerprint density at radius 2 is 1.83 bits per heavy atom. The van der Waals surface area contributed by atoms with Crippen molar-refractivity contribution in [1.29, 1.82) is 0 Å². The van der Waals surface area contributed by atoms with Crippen LogP contribution in [0.4, 0.5) is 10.6 Å². The van der Waals surface area contributed by atoms with Crippen LogP contribution in [-0.2, 0) is 10.8 Å². The van der Waals surface area contributed by atoms with Crippen LogP contribution in [0.1, 0.15) is 23.7 Å². The molecular weight excluding hydrogens is 324 g/mol. The van der Waals surface area contributed by atoms with Crippen molar-refractivity contribution in [3.05, 3.63) is 41.1 Å². The Hall–Kier alpha value is -2.15. The maximum absolute atomic E-state index is 12.0. The summed E-state index contributed by atoms with van der Waals surface area (Å²) < 4.78 is 13.0. The van der Waals surface area contributed by atoms with E-state index in [0.29, 0.717) is 11.6 Å². The first-order valence-corrected chi connectivity index (χ1v) is 9.50. The molecule has 0 aliphatic heterocycles. The molecule has 6 nitrogen and oxygen atoms in total. The molecule has 2 rings (SSSR count). The first-order valence-electron chi connectivity index (χ1n) is 7.77. The van der Waals surface area contributed by atoms with Crippen LogP contribution in [0.15, 0.2) is 24.3 Å². The number of anilines is 1. The summed E-state index contributed by atoms with van der Waals surface area (Å²) in [6, 6.07) is 7.51. The van der Waals surface area contributed by atoms with Crippen molar-refractivity contribution in [2.24, 2.45) is 0 Å². The van der Waals surface area contributed by atoms with Crippen LogP contribution in [0.3, 0.4) is 0 Å². The van der Waals surface area contributed by atoms with Gasteiger partial charge in [-0.25, -0.2) is 9.48 Å². The Morgan fingerprint density at radius 3 is 2.42 bits per heavy atom. The number of carbonyl (C=O) groups excluding carboxylic acids is 1. The van der Waals surface area contributed by atoms with E-state index in [1.807, 2.05) is 33.8 Å². The Labute approximate surface area is 145 Å². The number of benzene rings is 1. The second-order valence-electron chi connectivity index (χ2n) is 6.17. The van der Waals surface area contributed by atoms with Crippen molar-refractivity contribution < 1.29 is 9.00 Å². The van der Waals surface area contributed by atoms with Gasteiger partial charge in [0, 0.05) is 40.6 Å². The number of hydrogen-bond acceptors (Lipinski definition) is 3. The minimum Gasteiger partial charge on any atom is -0.334 e. The average molecular weight is 348 g/mol. The standard InChI is InChI=1S/C17H24N4O2S/c1-11-6-12(2)8-15(7-11)21-14(4)9-16(20-21)19-17(22)18-13(3)10-24(5)23/h6-9,13H,10H2,1-5H3,(H2,18,19,20,22)/t13-,24+/m0/s1. The third kappa shape index (κ3) is 4.92. The van der Waals surface area contributed by atoms with Crippen molar-refractivity contribution in [2.75, 3.05) is 17.3 Å². The number of rotatable bonds is 5. The molecule has 24 heavy (non-hydrogen) atoms. The molecule has 0 spiro atoms. The number of aryl methyl sites for hydroxylation is 3. The molecule has 0 fully saturated rings. The number of nitrogens with zero attached hydrogens (tertiary/aromatic N) is 2. The van der Waals surface area contributed by atoms with Crippen LogP contribution in [0.25, 0.3) is 5.69 Å². The summed E-state index contributed by atoms with van der Waals surface area (Å²) in [5.41, 5.74) is 4.22. The largest absolute Gasteiger partial charge is 0.334 e. The molecule has 0 aliphatic rings.